The first-order valence-corrected chi connectivity index (χ1v) is 5.64. The molecule has 18 heavy (non-hydrogen) atoms. The molecule has 0 saturated heterocycles. The molecule has 0 atom stereocenters. The van der Waals surface area contributed by atoms with Crippen molar-refractivity contribution < 1.29 is 9.21 Å². The Morgan fingerprint density at radius 2 is 2.17 bits per heavy atom. The van der Waals surface area contributed by atoms with Gasteiger partial charge in [0.25, 0.3) is 5.89 Å². The third-order valence-electron chi connectivity index (χ3n) is 2.75. The van der Waals surface area contributed by atoms with Gasteiger partial charge in [-0.25, -0.2) is 4.98 Å². The van der Waals surface area contributed by atoms with E-state index in [1.165, 1.54) is 6.39 Å². The summed E-state index contributed by atoms with van der Waals surface area (Å²) in [4.78, 5) is 16.0. The minimum Gasteiger partial charge on any atom is -0.417 e. The largest absolute Gasteiger partial charge is 0.417 e. The zero-order chi connectivity index (χ0) is 12.4. The molecule has 0 aliphatic heterocycles. The monoisotopic (exact) mass is 239 g/mol. The molecule has 3 rings (SSSR count). The van der Waals surface area contributed by atoms with Crippen molar-refractivity contribution in [2.75, 3.05) is 0 Å². The summed E-state index contributed by atoms with van der Waals surface area (Å²) in [6.45, 7) is 0. The number of Topliss-reactive ketones (excluding diaryl/α,β-unsaturated/α-hetero) is 1. The molecule has 0 saturated carbocycles. The van der Waals surface area contributed by atoms with Crippen LogP contribution in [0.4, 0.5) is 0 Å². The highest BCUT2D eigenvalue weighted by Gasteiger charge is 2.17. The summed E-state index contributed by atoms with van der Waals surface area (Å²) in [6, 6.07) is 3.53. The van der Waals surface area contributed by atoms with Gasteiger partial charge in [-0.05, 0) is 30.9 Å². The van der Waals surface area contributed by atoms with E-state index in [9.17, 15) is 4.79 Å². The van der Waals surface area contributed by atoms with Gasteiger partial charge in [0.1, 0.15) is 5.69 Å². The van der Waals surface area contributed by atoms with Gasteiger partial charge in [-0.1, -0.05) is 5.10 Å². The van der Waals surface area contributed by atoms with E-state index in [1.54, 1.807) is 12.1 Å². The Morgan fingerprint density at radius 3 is 3.00 bits per heavy atom. The number of aryl methyl sites for hydroxylation is 1. The first-order valence-electron chi connectivity index (χ1n) is 5.64. The van der Waals surface area contributed by atoms with Crippen molar-refractivity contribution in [3.63, 3.8) is 0 Å². The second-order valence-electron chi connectivity index (χ2n) is 3.96. The number of nitrogens with zero attached hydrogens (tertiary/aromatic N) is 3. The first kappa shape index (κ1) is 10.7. The highest BCUT2D eigenvalue weighted by Crippen LogP contribution is 2.19. The van der Waals surface area contributed by atoms with Crippen LogP contribution < -0.4 is 0 Å². The molecule has 2 aromatic rings. The minimum atomic E-state index is 0.167. The molecular formula is C13H9N3O2. The number of pyridine rings is 1. The van der Waals surface area contributed by atoms with Crippen LogP contribution in [0.2, 0.25) is 0 Å². The van der Waals surface area contributed by atoms with E-state index in [4.69, 9.17) is 4.42 Å². The van der Waals surface area contributed by atoms with Crippen molar-refractivity contribution in [2.24, 2.45) is 0 Å². The molecule has 1 aliphatic rings. The second kappa shape index (κ2) is 4.41. The van der Waals surface area contributed by atoms with Gasteiger partial charge in [-0.2, -0.15) is 0 Å². The number of fused-ring (bicyclic) bond motifs is 1. The fraction of sp³-hybridized carbons (Fsp3) is 0.231. The van der Waals surface area contributed by atoms with Crippen LogP contribution in [0.5, 0.6) is 0 Å². The zero-order valence-electron chi connectivity index (χ0n) is 9.51. The Hall–Kier alpha value is -2.48. The van der Waals surface area contributed by atoms with Crippen LogP contribution >= 0.6 is 0 Å². The topological polar surface area (TPSA) is 68.9 Å². The molecule has 0 N–H and O–H groups in total. The van der Waals surface area contributed by atoms with Crippen molar-refractivity contribution in [1.82, 2.24) is 15.2 Å². The van der Waals surface area contributed by atoms with E-state index < -0.39 is 0 Å². The van der Waals surface area contributed by atoms with Crippen LogP contribution in [0.15, 0.2) is 22.9 Å². The molecule has 0 amide bonds. The quantitative estimate of drug-likeness (QED) is 0.650. The minimum absolute atomic E-state index is 0.167. The van der Waals surface area contributed by atoms with Crippen molar-refractivity contribution >= 4 is 5.78 Å². The van der Waals surface area contributed by atoms with Crippen molar-refractivity contribution in [1.29, 1.82) is 0 Å². The highest BCUT2D eigenvalue weighted by atomic mass is 16.4. The van der Waals surface area contributed by atoms with Crippen LogP contribution in [0.25, 0.3) is 0 Å². The van der Waals surface area contributed by atoms with Gasteiger partial charge in [-0.15, -0.1) is 5.10 Å². The third kappa shape index (κ3) is 2.00. The third-order valence-corrected chi connectivity index (χ3v) is 2.75. The van der Waals surface area contributed by atoms with Gasteiger partial charge < -0.3 is 4.42 Å². The van der Waals surface area contributed by atoms with Crippen molar-refractivity contribution in [3.8, 4) is 11.8 Å². The maximum atomic E-state index is 11.6. The molecule has 88 valence electrons. The summed E-state index contributed by atoms with van der Waals surface area (Å²) in [5.74, 6) is 5.99. The normalized spacial score (nSPS) is 13.7. The Balaban J connectivity index is 1.93. The Bertz CT molecular complexity index is 651. The van der Waals surface area contributed by atoms with Gasteiger partial charge in [0.05, 0.1) is 5.69 Å². The molecule has 1 aliphatic carbocycles. The lowest BCUT2D eigenvalue weighted by atomic mass is 9.94. The van der Waals surface area contributed by atoms with Crippen molar-refractivity contribution in [3.05, 3.63) is 41.4 Å². The zero-order valence-corrected chi connectivity index (χ0v) is 9.51. The van der Waals surface area contributed by atoms with Gasteiger partial charge in [0.15, 0.2) is 5.78 Å². The summed E-state index contributed by atoms with van der Waals surface area (Å²) >= 11 is 0. The van der Waals surface area contributed by atoms with Crippen LogP contribution in [0, 0.1) is 11.8 Å². The molecule has 0 unspecified atom stereocenters. The van der Waals surface area contributed by atoms with Gasteiger partial charge in [-0.3, -0.25) is 4.79 Å². The van der Waals surface area contributed by atoms with E-state index in [1.807, 2.05) is 0 Å². The van der Waals surface area contributed by atoms with E-state index in [2.05, 4.69) is 27.0 Å². The van der Waals surface area contributed by atoms with Gasteiger partial charge in [0.2, 0.25) is 6.39 Å². The number of rotatable bonds is 0. The number of hydrogen-bond acceptors (Lipinski definition) is 5. The van der Waals surface area contributed by atoms with Crippen LogP contribution in [0.3, 0.4) is 0 Å². The Labute approximate surface area is 103 Å². The Morgan fingerprint density at radius 1 is 1.22 bits per heavy atom. The number of hydrogen-bond donors (Lipinski definition) is 0. The average molecular weight is 239 g/mol. The van der Waals surface area contributed by atoms with E-state index in [0.717, 1.165) is 24.1 Å². The maximum absolute atomic E-state index is 11.6. The Kier molecular flexibility index (Phi) is 2.61. The molecule has 0 radical (unpaired) electrons. The molecule has 5 nitrogen and oxygen atoms in total. The lowest BCUT2D eigenvalue weighted by Gasteiger charge is -2.12. The lowest BCUT2D eigenvalue weighted by molar-refractivity contribution is 0.0971. The standard InChI is InChI=1S/C13H9N3O2/c17-12-3-1-2-11-10(12)6-4-9(15-11)5-7-13-16-14-8-18-13/h4,6,8H,1-3H2. The summed E-state index contributed by atoms with van der Waals surface area (Å²) in [5, 5.41) is 7.19. The summed E-state index contributed by atoms with van der Waals surface area (Å²) in [5.41, 5.74) is 2.18. The number of carbonyl (C=O) groups excluding carboxylic acids is 1. The number of ketones is 1. The summed E-state index contributed by atoms with van der Waals surface area (Å²) in [7, 11) is 0. The molecule has 0 spiro atoms. The van der Waals surface area contributed by atoms with Gasteiger partial charge in [0, 0.05) is 17.9 Å². The predicted molar refractivity (Wildman–Crippen MR) is 61.8 cm³/mol. The fourth-order valence-corrected chi connectivity index (χ4v) is 1.91. The summed E-state index contributed by atoms with van der Waals surface area (Å²) < 4.78 is 4.91. The second-order valence-corrected chi connectivity index (χ2v) is 3.96. The fourth-order valence-electron chi connectivity index (χ4n) is 1.91. The SMILES string of the molecule is O=C1CCCc2nc(C#Cc3nnco3)ccc21. The predicted octanol–water partition coefficient (Wildman–Crippen LogP) is 1.38. The average Bonchev–Trinajstić information content (AvgIpc) is 2.90. The highest BCUT2D eigenvalue weighted by molar-refractivity contribution is 5.98. The molecule has 5 heteroatoms. The number of carbonyl (C=O) groups is 1. The van der Waals surface area contributed by atoms with Crippen LogP contribution in [0.1, 0.15) is 40.5 Å². The maximum Gasteiger partial charge on any atom is 0.294 e. The molecule has 0 aromatic carbocycles. The molecule has 0 bridgehead atoms. The van der Waals surface area contributed by atoms with E-state index in [0.29, 0.717) is 12.1 Å². The molecule has 0 fully saturated rings. The van der Waals surface area contributed by atoms with Gasteiger partial charge >= 0.3 is 0 Å². The summed E-state index contributed by atoms with van der Waals surface area (Å²) in [6.07, 6.45) is 3.53. The molecule has 2 heterocycles. The lowest BCUT2D eigenvalue weighted by Crippen LogP contribution is -2.12. The number of aromatic nitrogens is 3. The van der Waals surface area contributed by atoms with Crippen LogP contribution in [-0.2, 0) is 6.42 Å². The van der Waals surface area contributed by atoms with Crippen molar-refractivity contribution in [2.45, 2.75) is 19.3 Å². The van der Waals surface area contributed by atoms with Crippen LogP contribution in [-0.4, -0.2) is 21.0 Å². The van der Waals surface area contributed by atoms with E-state index in [-0.39, 0.29) is 11.7 Å². The smallest absolute Gasteiger partial charge is 0.294 e. The first-order chi connectivity index (χ1) is 8.83. The molecule has 2 aromatic heterocycles. The molecular weight excluding hydrogens is 230 g/mol. The van der Waals surface area contributed by atoms with E-state index >= 15 is 0 Å².